The first-order chi connectivity index (χ1) is 28.0. The molecule has 4 N–H and O–H groups in total. The lowest BCUT2D eigenvalue weighted by Crippen LogP contribution is -2.60. The molecule has 6 atom stereocenters. The summed E-state index contributed by atoms with van der Waals surface area (Å²) in [5.41, 5.74) is 0. The molecule has 336 valence electrons. The van der Waals surface area contributed by atoms with Gasteiger partial charge in [-0.1, -0.05) is 146 Å². The summed E-state index contributed by atoms with van der Waals surface area (Å²) < 4.78 is 53.9. The highest BCUT2D eigenvalue weighted by Gasteiger charge is 2.46. The predicted octanol–water partition coefficient (Wildman–Crippen LogP) is 8.78. The van der Waals surface area contributed by atoms with E-state index in [1.807, 2.05) is 6.08 Å². The van der Waals surface area contributed by atoms with Crippen LogP contribution in [0.2, 0.25) is 0 Å². The maximum absolute atomic E-state index is 12.8. The van der Waals surface area contributed by atoms with Gasteiger partial charge in [-0.05, 0) is 57.8 Å². The monoisotopic (exact) mass is 843 g/mol. The van der Waals surface area contributed by atoms with Gasteiger partial charge in [0.2, 0.25) is 0 Å². The van der Waals surface area contributed by atoms with Gasteiger partial charge in [-0.3, -0.25) is 14.1 Å². The van der Waals surface area contributed by atoms with E-state index in [4.69, 9.17) is 18.9 Å². The van der Waals surface area contributed by atoms with Gasteiger partial charge < -0.3 is 34.3 Å². The van der Waals surface area contributed by atoms with Crippen LogP contribution in [-0.2, 0) is 38.7 Å². The number of hydrogen-bond acceptors (Lipinski definition) is 11. The number of unbranched alkanes of at least 4 members (excludes halogenated alkanes) is 16. The number of ether oxygens (including phenoxy) is 4. The minimum absolute atomic E-state index is 0.131. The van der Waals surface area contributed by atoms with Crippen molar-refractivity contribution in [3.05, 3.63) is 48.6 Å². The molecule has 0 aliphatic carbocycles. The third-order valence-corrected chi connectivity index (χ3v) is 10.7. The third-order valence-electron chi connectivity index (χ3n) is 9.91. The number of esters is 2. The highest BCUT2D eigenvalue weighted by atomic mass is 32.2. The van der Waals surface area contributed by atoms with E-state index in [1.54, 1.807) is 0 Å². The molecule has 1 aliphatic heterocycles. The van der Waals surface area contributed by atoms with Gasteiger partial charge in [0.1, 0.15) is 36.8 Å². The Morgan fingerprint density at radius 2 is 1.12 bits per heavy atom. The third kappa shape index (κ3) is 29.8. The van der Waals surface area contributed by atoms with Gasteiger partial charge >= 0.3 is 11.9 Å². The molecule has 0 aromatic heterocycles. The van der Waals surface area contributed by atoms with Gasteiger partial charge in [-0.2, -0.15) is 8.42 Å². The first-order valence-corrected chi connectivity index (χ1v) is 23.8. The van der Waals surface area contributed by atoms with E-state index in [1.165, 1.54) is 64.2 Å². The van der Waals surface area contributed by atoms with Crippen molar-refractivity contribution in [2.24, 2.45) is 0 Å². The molecule has 0 aromatic carbocycles. The molecule has 0 amide bonds. The van der Waals surface area contributed by atoms with Crippen LogP contribution < -0.4 is 0 Å². The summed E-state index contributed by atoms with van der Waals surface area (Å²) in [6, 6.07) is 0. The molecule has 0 aromatic rings. The average Bonchev–Trinajstić information content (AvgIpc) is 3.18. The van der Waals surface area contributed by atoms with E-state index in [0.717, 1.165) is 64.2 Å². The number of carbonyl (C=O) groups is 2. The van der Waals surface area contributed by atoms with Crippen LogP contribution >= 0.6 is 0 Å². The molecular formula is C45H78O12S. The van der Waals surface area contributed by atoms with Crippen LogP contribution in [0.25, 0.3) is 0 Å². The van der Waals surface area contributed by atoms with Crippen molar-refractivity contribution < 1.29 is 56.8 Å². The largest absolute Gasteiger partial charge is 0.462 e. The van der Waals surface area contributed by atoms with Crippen LogP contribution in [0.3, 0.4) is 0 Å². The summed E-state index contributed by atoms with van der Waals surface area (Å²) in [6.45, 7) is 3.59. The summed E-state index contributed by atoms with van der Waals surface area (Å²) in [5, 5.41) is 30.8. The van der Waals surface area contributed by atoms with Crippen molar-refractivity contribution in [1.29, 1.82) is 0 Å². The highest BCUT2D eigenvalue weighted by Crippen LogP contribution is 2.24. The summed E-state index contributed by atoms with van der Waals surface area (Å²) in [4.78, 5) is 25.3. The lowest BCUT2D eigenvalue weighted by molar-refractivity contribution is -0.297. The Kier molecular flexibility index (Phi) is 32.7. The molecule has 0 radical (unpaired) electrons. The molecular weight excluding hydrogens is 765 g/mol. The van der Waals surface area contributed by atoms with Crippen molar-refractivity contribution in [3.63, 3.8) is 0 Å². The molecule has 58 heavy (non-hydrogen) atoms. The zero-order chi connectivity index (χ0) is 42.7. The van der Waals surface area contributed by atoms with Gasteiger partial charge in [0.05, 0.1) is 6.61 Å². The Hall–Kier alpha value is -2.39. The second-order valence-corrected chi connectivity index (χ2v) is 16.8. The molecule has 1 fully saturated rings. The number of aliphatic hydroxyl groups is 3. The zero-order valence-corrected chi connectivity index (χ0v) is 36.5. The fourth-order valence-corrected chi connectivity index (χ4v) is 7.16. The maximum atomic E-state index is 12.8. The van der Waals surface area contributed by atoms with E-state index in [0.29, 0.717) is 12.8 Å². The Morgan fingerprint density at radius 1 is 0.603 bits per heavy atom. The number of hydrogen-bond donors (Lipinski definition) is 4. The standard InChI is InChI=1S/C45H78O12S/c1-3-5-7-9-11-13-15-17-19-21-23-25-27-29-31-33-40(46)54-35-38(36-55-45-44(50)43(49)42(48)39(57-45)37-58(51,52)53)56-41(47)34-32-30-28-26-24-22-20-18-16-14-12-10-8-6-4-2/h6,8,12,14,18,20,27,29,38-39,42-45,48-50H,3-5,7,9-11,13,15-17,19,21-26,28,30-37H2,1-2H3,(H,51,52,53)/b8-6+,14-12+,20-18+,29-27+/t38-,39-,42-,43?,44?,45+/m1/s1. The first-order valence-electron chi connectivity index (χ1n) is 22.2. The van der Waals surface area contributed by atoms with E-state index in [2.05, 4.69) is 56.4 Å². The van der Waals surface area contributed by atoms with Crippen LogP contribution in [0.5, 0.6) is 0 Å². The topological polar surface area (TPSA) is 186 Å². The molecule has 1 saturated heterocycles. The van der Waals surface area contributed by atoms with E-state index in [-0.39, 0.29) is 19.4 Å². The fourth-order valence-electron chi connectivity index (χ4n) is 6.47. The molecule has 0 bridgehead atoms. The number of aliphatic hydroxyl groups excluding tert-OH is 3. The number of allylic oxidation sites excluding steroid dienone is 8. The molecule has 12 nitrogen and oxygen atoms in total. The Balaban J connectivity index is 2.49. The van der Waals surface area contributed by atoms with E-state index < -0.39 is 71.2 Å². The minimum Gasteiger partial charge on any atom is -0.462 e. The Morgan fingerprint density at radius 3 is 1.71 bits per heavy atom. The summed E-state index contributed by atoms with van der Waals surface area (Å²) in [6.07, 6.45) is 31.7. The van der Waals surface area contributed by atoms with E-state index >= 15 is 0 Å². The van der Waals surface area contributed by atoms with Crippen LogP contribution in [0.15, 0.2) is 48.6 Å². The maximum Gasteiger partial charge on any atom is 0.306 e. The quantitative estimate of drug-likeness (QED) is 0.0204. The Bertz CT molecular complexity index is 1260. The molecule has 0 saturated carbocycles. The fraction of sp³-hybridized carbons (Fsp3) is 0.778. The van der Waals surface area contributed by atoms with Gasteiger partial charge in [0.25, 0.3) is 10.1 Å². The van der Waals surface area contributed by atoms with Gasteiger partial charge in [-0.15, -0.1) is 0 Å². The van der Waals surface area contributed by atoms with Gasteiger partial charge in [-0.25, -0.2) is 0 Å². The normalized spacial score (nSPS) is 20.8. The second-order valence-electron chi connectivity index (χ2n) is 15.3. The number of carbonyl (C=O) groups excluding carboxylic acids is 2. The SMILES string of the molecule is CC/C=C/C/C=C/C/C=C/CCCCCCCC(=O)O[C@H](COC(=O)CC/C=C/CCCCCCCCCCCCC)CO[C@H]1O[C@H](CS(=O)(=O)O)[C@@H](O)C(O)C1O. The van der Waals surface area contributed by atoms with Crippen LogP contribution in [0, 0.1) is 0 Å². The lowest BCUT2D eigenvalue weighted by atomic mass is 10.00. The molecule has 1 rings (SSSR count). The minimum atomic E-state index is -4.61. The molecule has 1 aliphatic rings. The second kappa shape index (κ2) is 35.4. The molecule has 2 unspecified atom stereocenters. The molecule has 0 spiro atoms. The smallest absolute Gasteiger partial charge is 0.306 e. The molecule has 1 heterocycles. The van der Waals surface area contributed by atoms with Crippen molar-refractivity contribution >= 4 is 22.1 Å². The van der Waals surface area contributed by atoms with Crippen LogP contribution in [0.1, 0.15) is 168 Å². The van der Waals surface area contributed by atoms with Gasteiger partial charge in [0.15, 0.2) is 12.4 Å². The highest BCUT2D eigenvalue weighted by molar-refractivity contribution is 7.85. The van der Waals surface area contributed by atoms with Crippen LogP contribution in [-0.4, -0.2) is 96.0 Å². The van der Waals surface area contributed by atoms with Crippen LogP contribution in [0.4, 0.5) is 0 Å². The molecule has 13 heteroatoms. The van der Waals surface area contributed by atoms with E-state index in [9.17, 15) is 37.9 Å². The van der Waals surface area contributed by atoms with Gasteiger partial charge in [0, 0.05) is 12.8 Å². The van der Waals surface area contributed by atoms with Crippen molar-refractivity contribution in [3.8, 4) is 0 Å². The summed E-state index contributed by atoms with van der Waals surface area (Å²) in [5.74, 6) is -2.07. The van der Waals surface area contributed by atoms with Crippen molar-refractivity contribution in [1.82, 2.24) is 0 Å². The first kappa shape index (κ1) is 53.6. The zero-order valence-electron chi connectivity index (χ0n) is 35.6. The van der Waals surface area contributed by atoms with Crippen molar-refractivity contribution in [2.45, 2.75) is 205 Å². The number of rotatable bonds is 36. The van der Waals surface area contributed by atoms with Crippen molar-refractivity contribution in [2.75, 3.05) is 19.0 Å². The Labute approximate surface area is 350 Å². The summed E-state index contributed by atoms with van der Waals surface area (Å²) in [7, 11) is -4.61. The predicted molar refractivity (Wildman–Crippen MR) is 229 cm³/mol. The average molecular weight is 843 g/mol. The summed E-state index contributed by atoms with van der Waals surface area (Å²) >= 11 is 0. The lowest BCUT2D eigenvalue weighted by Gasteiger charge is -2.40.